The highest BCUT2D eigenvalue weighted by molar-refractivity contribution is 8.06. The molecule has 3 amide bonds. The summed E-state index contributed by atoms with van der Waals surface area (Å²) in [4.78, 5) is 25.5. The monoisotopic (exact) mass is 392 g/mol. The maximum absolute atomic E-state index is 13.2. The molecule has 0 radical (unpaired) electrons. The minimum atomic E-state index is -3.82. The van der Waals surface area contributed by atoms with Gasteiger partial charge in [0.2, 0.25) is 15.7 Å². The molecule has 0 fully saturated rings. The van der Waals surface area contributed by atoms with Crippen LogP contribution in [0.4, 0.5) is 10.5 Å². The fraction of sp³-hybridized carbons (Fsp3) is 0.500. The lowest BCUT2D eigenvalue weighted by Crippen LogP contribution is -2.36. The fourth-order valence-corrected chi connectivity index (χ4v) is 5.14. The van der Waals surface area contributed by atoms with Crippen LogP contribution in [-0.2, 0) is 21.1 Å². The fourth-order valence-electron chi connectivity index (χ4n) is 3.47. The van der Waals surface area contributed by atoms with Gasteiger partial charge < -0.3 is 10.2 Å². The quantitative estimate of drug-likeness (QED) is 0.847. The van der Waals surface area contributed by atoms with Gasteiger partial charge in [0.15, 0.2) is 5.04 Å². The Labute approximate surface area is 159 Å². The van der Waals surface area contributed by atoms with Gasteiger partial charge in [-0.15, -0.1) is 0 Å². The molecule has 0 bridgehead atoms. The summed E-state index contributed by atoms with van der Waals surface area (Å²) in [5.41, 5.74) is 1.59. The number of hydrogen-bond acceptors (Lipinski definition) is 5. The van der Waals surface area contributed by atoms with Crippen molar-refractivity contribution in [2.45, 2.75) is 38.5 Å². The van der Waals surface area contributed by atoms with Crippen LogP contribution in [0.1, 0.15) is 32.8 Å². The summed E-state index contributed by atoms with van der Waals surface area (Å²) in [6.07, 6.45) is 1.18. The van der Waals surface area contributed by atoms with E-state index in [1.165, 1.54) is 18.0 Å². The highest BCUT2D eigenvalue weighted by Gasteiger charge is 2.38. The summed E-state index contributed by atoms with van der Waals surface area (Å²) >= 11 is 0. The molecule has 1 aromatic carbocycles. The second-order valence-corrected chi connectivity index (χ2v) is 8.57. The van der Waals surface area contributed by atoms with E-state index in [1.54, 1.807) is 24.0 Å². The number of nitrogens with zero attached hydrogens (tertiary/aromatic N) is 3. The molecular weight excluding hydrogens is 368 g/mol. The zero-order valence-electron chi connectivity index (χ0n) is 15.7. The SMILES string of the molecule is CCNC(=O)N1CC(CC)C(S(=O)(=O)c2ccc3c(c2)CCN3C(C)=O)=N1. The Morgan fingerprint density at radius 1 is 1.30 bits per heavy atom. The van der Waals surface area contributed by atoms with E-state index in [4.69, 9.17) is 0 Å². The van der Waals surface area contributed by atoms with Crippen LogP contribution in [0, 0.1) is 5.92 Å². The molecule has 9 heteroatoms. The summed E-state index contributed by atoms with van der Waals surface area (Å²) in [5, 5.41) is 7.99. The number of carbonyl (C=O) groups excluding carboxylic acids is 2. The van der Waals surface area contributed by atoms with Crippen LogP contribution in [0.2, 0.25) is 0 Å². The Morgan fingerprint density at radius 3 is 2.67 bits per heavy atom. The van der Waals surface area contributed by atoms with Gasteiger partial charge in [0.1, 0.15) is 0 Å². The third kappa shape index (κ3) is 3.43. The normalized spacial score (nSPS) is 19.1. The number of benzene rings is 1. The molecule has 2 aliphatic rings. The van der Waals surface area contributed by atoms with Crippen LogP contribution < -0.4 is 10.2 Å². The van der Waals surface area contributed by atoms with Crippen LogP contribution in [0.15, 0.2) is 28.2 Å². The van der Waals surface area contributed by atoms with Gasteiger partial charge in [-0.1, -0.05) is 6.92 Å². The van der Waals surface area contributed by atoms with Gasteiger partial charge in [0.25, 0.3) is 0 Å². The van der Waals surface area contributed by atoms with E-state index < -0.39 is 15.9 Å². The third-order valence-electron chi connectivity index (χ3n) is 4.93. The van der Waals surface area contributed by atoms with Gasteiger partial charge in [0, 0.05) is 31.6 Å². The first kappa shape index (κ1) is 19.3. The molecule has 3 rings (SSSR count). The molecule has 0 saturated heterocycles. The first-order valence-electron chi connectivity index (χ1n) is 9.09. The van der Waals surface area contributed by atoms with Crippen molar-refractivity contribution in [3.63, 3.8) is 0 Å². The van der Waals surface area contributed by atoms with Gasteiger partial charge >= 0.3 is 6.03 Å². The number of urea groups is 1. The first-order chi connectivity index (χ1) is 12.8. The predicted molar refractivity (Wildman–Crippen MR) is 102 cm³/mol. The van der Waals surface area contributed by atoms with Gasteiger partial charge in [-0.25, -0.2) is 18.2 Å². The molecule has 0 saturated carbocycles. The van der Waals surface area contributed by atoms with Gasteiger partial charge in [-0.05, 0) is 43.5 Å². The second-order valence-electron chi connectivity index (χ2n) is 6.68. The molecule has 2 heterocycles. The number of hydrazone groups is 1. The van der Waals surface area contributed by atoms with E-state index in [-0.39, 0.29) is 28.3 Å². The molecule has 0 aliphatic carbocycles. The van der Waals surface area contributed by atoms with E-state index in [0.717, 1.165) is 11.3 Å². The molecule has 27 heavy (non-hydrogen) atoms. The van der Waals surface area contributed by atoms with Crippen molar-refractivity contribution in [2.75, 3.05) is 24.5 Å². The standard InChI is InChI=1S/C18H24N4O4S/c1-4-13-11-22(18(24)19-5-2)20-17(13)27(25,26)15-6-7-16-14(10-15)8-9-21(16)12(3)23/h6-7,10,13H,4-5,8-9,11H2,1-3H3,(H,19,24). The minimum absolute atomic E-state index is 0.0256. The van der Waals surface area contributed by atoms with Gasteiger partial charge in [-0.3, -0.25) is 4.79 Å². The Balaban J connectivity index is 1.95. The molecule has 2 aliphatic heterocycles. The van der Waals surface area contributed by atoms with E-state index in [0.29, 0.717) is 25.9 Å². The van der Waals surface area contributed by atoms with E-state index in [2.05, 4.69) is 10.4 Å². The van der Waals surface area contributed by atoms with Crippen LogP contribution in [0.5, 0.6) is 0 Å². The number of nitrogens with one attached hydrogen (secondary N) is 1. The predicted octanol–water partition coefficient (Wildman–Crippen LogP) is 1.75. The number of hydrogen-bond donors (Lipinski definition) is 1. The lowest BCUT2D eigenvalue weighted by atomic mass is 10.1. The largest absolute Gasteiger partial charge is 0.337 e. The lowest BCUT2D eigenvalue weighted by Gasteiger charge is -2.15. The van der Waals surface area contributed by atoms with Crippen molar-refractivity contribution in [1.82, 2.24) is 10.3 Å². The van der Waals surface area contributed by atoms with Crippen LogP contribution in [0.3, 0.4) is 0 Å². The summed E-state index contributed by atoms with van der Waals surface area (Å²) in [7, 11) is -3.82. The van der Waals surface area contributed by atoms with Crippen molar-refractivity contribution in [3.8, 4) is 0 Å². The second kappa shape index (κ2) is 7.30. The molecule has 1 aromatic rings. The number of fused-ring (bicyclic) bond motifs is 1. The number of rotatable bonds is 3. The highest BCUT2D eigenvalue weighted by atomic mass is 32.2. The topological polar surface area (TPSA) is 99.1 Å². The number of sulfone groups is 1. The molecule has 1 unspecified atom stereocenters. The van der Waals surface area contributed by atoms with Gasteiger partial charge in [-0.2, -0.15) is 5.10 Å². The summed E-state index contributed by atoms with van der Waals surface area (Å²) < 4.78 is 26.4. The molecule has 8 nitrogen and oxygen atoms in total. The zero-order valence-corrected chi connectivity index (χ0v) is 16.5. The summed E-state index contributed by atoms with van der Waals surface area (Å²) in [6, 6.07) is 4.42. The Hall–Kier alpha value is -2.42. The van der Waals surface area contributed by atoms with E-state index >= 15 is 0 Å². The zero-order chi connectivity index (χ0) is 19.8. The van der Waals surface area contributed by atoms with Crippen LogP contribution in [0.25, 0.3) is 0 Å². The van der Waals surface area contributed by atoms with Crippen molar-refractivity contribution >= 4 is 32.5 Å². The average Bonchev–Trinajstić information content (AvgIpc) is 3.25. The Kier molecular flexibility index (Phi) is 5.23. The number of anilines is 1. The molecule has 1 N–H and O–H groups in total. The third-order valence-corrected chi connectivity index (χ3v) is 6.77. The van der Waals surface area contributed by atoms with Crippen molar-refractivity contribution < 1.29 is 18.0 Å². The number of carbonyl (C=O) groups is 2. The van der Waals surface area contributed by atoms with E-state index in [9.17, 15) is 18.0 Å². The maximum Gasteiger partial charge on any atom is 0.337 e. The molecule has 1 atom stereocenters. The van der Waals surface area contributed by atoms with E-state index in [1.807, 2.05) is 6.92 Å². The van der Waals surface area contributed by atoms with Crippen molar-refractivity contribution in [2.24, 2.45) is 11.0 Å². The lowest BCUT2D eigenvalue weighted by molar-refractivity contribution is -0.116. The number of amides is 3. The summed E-state index contributed by atoms with van der Waals surface area (Å²) in [6.45, 7) is 6.42. The highest BCUT2D eigenvalue weighted by Crippen LogP contribution is 2.32. The Morgan fingerprint density at radius 2 is 2.04 bits per heavy atom. The Bertz CT molecular complexity index is 910. The van der Waals surface area contributed by atoms with Crippen LogP contribution in [-0.4, -0.2) is 50.0 Å². The van der Waals surface area contributed by atoms with Gasteiger partial charge in [0.05, 0.1) is 11.4 Å². The molecule has 146 valence electrons. The first-order valence-corrected chi connectivity index (χ1v) is 10.6. The van der Waals surface area contributed by atoms with Crippen LogP contribution >= 0.6 is 0 Å². The maximum atomic E-state index is 13.2. The minimum Gasteiger partial charge on any atom is -0.337 e. The average molecular weight is 392 g/mol. The van der Waals surface area contributed by atoms with Crippen molar-refractivity contribution in [3.05, 3.63) is 23.8 Å². The molecule has 0 spiro atoms. The smallest absolute Gasteiger partial charge is 0.337 e. The molecular formula is C18H24N4O4S. The summed E-state index contributed by atoms with van der Waals surface area (Å²) in [5.74, 6) is -0.396. The molecule has 0 aromatic heterocycles. The van der Waals surface area contributed by atoms with Crippen molar-refractivity contribution in [1.29, 1.82) is 0 Å².